The van der Waals surface area contributed by atoms with Crippen LogP contribution in [0.2, 0.25) is 0 Å². The molecule has 0 fully saturated rings. The van der Waals surface area contributed by atoms with Crippen LogP contribution in [-0.4, -0.2) is 10.6 Å². The average molecular weight is 292 g/mol. The minimum absolute atomic E-state index is 0.371. The number of primary amides is 1. The third-order valence-corrected chi connectivity index (χ3v) is 3.92. The highest BCUT2D eigenvalue weighted by Gasteiger charge is 2.18. The maximum atomic E-state index is 12.6. The number of nitrogens with zero attached hydrogens (tertiary/aromatic N) is 1. The fourth-order valence-electron chi connectivity index (χ4n) is 2.92. The molecule has 1 aromatic heterocycles. The summed E-state index contributed by atoms with van der Waals surface area (Å²) in [6.07, 6.45) is 0. The molecule has 0 radical (unpaired) electrons. The van der Waals surface area contributed by atoms with Crippen LogP contribution >= 0.6 is 0 Å². The Kier molecular flexibility index (Phi) is 3.29. The summed E-state index contributed by atoms with van der Waals surface area (Å²) in [6.45, 7) is 3.69. The van der Waals surface area contributed by atoms with Crippen LogP contribution in [0.4, 0.5) is 4.79 Å². The number of carbonyl (C=O) groups excluding carboxylic acids is 1. The molecular formula is C18H16N2O2. The lowest BCUT2D eigenvalue weighted by Gasteiger charge is -2.16. The van der Waals surface area contributed by atoms with Gasteiger partial charge in [-0.3, -0.25) is 4.79 Å². The molecule has 110 valence electrons. The second kappa shape index (κ2) is 5.15. The van der Waals surface area contributed by atoms with Gasteiger partial charge >= 0.3 is 6.03 Å². The van der Waals surface area contributed by atoms with Gasteiger partial charge in [-0.1, -0.05) is 42.5 Å². The molecule has 0 saturated carbocycles. The molecule has 22 heavy (non-hydrogen) atoms. The molecule has 0 aliphatic rings. The van der Waals surface area contributed by atoms with Gasteiger partial charge in [0.05, 0.1) is 5.52 Å². The first-order valence-corrected chi connectivity index (χ1v) is 7.02. The molecule has 0 atom stereocenters. The van der Waals surface area contributed by atoms with Crippen molar-refractivity contribution in [1.29, 1.82) is 0 Å². The van der Waals surface area contributed by atoms with Crippen molar-refractivity contribution < 1.29 is 4.79 Å². The summed E-state index contributed by atoms with van der Waals surface area (Å²) in [5.74, 6) is 0. The number of carbonyl (C=O) groups is 1. The Morgan fingerprint density at radius 3 is 2.32 bits per heavy atom. The van der Waals surface area contributed by atoms with E-state index in [2.05, 4.69) is 0 Å². The Hall–Kier alpha value is -2.88. The second-order valence-electron chi connectivity index (χ2n) is 5.31. The molecule has 0 spiro atoms. The van der Waals surface area contributed by atoms with Gasteiger partial charge in [0.2, 0.25) is 0 Å². The molecule has 2 aromatic carbocycles. The van der Waals surface area contributed by atoms with E-state index in [1.807, 2.05) is 49.4 Å². The van der Waals surface area contributed by atoms with Crippen molar-refractivity contribution in [3.05, 3.63) is 70.0 Å². The number of aryl methyl sites for hydroxylation is 1. The van der Waals surface area contributed by atoms with Gasteiger partial charge in [0, 0.05) is 10.9 Å². The summed E-state index contributed by atoms with van der Waals surface area (Å²) in [5.41, 5.74) is 8.91. The zero-order valence-corrected chi connectivity index (χ0v) is 12.5. The maximum absolute atomic E-state index is 12.6. The quantitative estimate of drug-likeness (QED) is 0.748. The largest absolute Gasteiger partial charge is 0.351 e. The highest BCUT2D eigenvalue weighted by atomic mass is 16.2. The van der Waals surface area contributed by atoms with Crippen molar-refractivity contribution in [1.82, 2.24) is 4.57 Å². The first-order chi connectivity index (χ1) is 10.5. The normalized spacial score (nSPS) is 10.8. The number of benzene rings is 2. The third kappa shape index (κ3) is 2.00. The fourth-order valence-corrected chi connectivity index (χ4v) is 2.92. The summed E-state index contributed by atoms with van der Waals surface area (Å²) in [7, 11) is 0. The summed E-state index contributed by atoms with van der Waals surface area (Å²) in [4.78, 5) is 24.3. The molecule has 0 bridgehead atoms. The van der Waals surface area contributed by atoms with Crippen molar-refractivity contribution in [3.63, 3.8) is 0 Å². The summed E-state index contributed by atoms with van der Waals surface area (Å²) in [5, 5.41) is 0.879. The standard InChI is InChI=1S/C18H16N2O2/c1-11-7-6-10-14-15(11)16(13-8-4-3-5-9-13)12(2)17(21)20(14)18(19)22/h3-10H,1-2H3,(H2,19,22). The van der Waals surface area contributed by atoms with Gasteiger partial charge < -0.3 is 5.73 Å². The molecule has 2 N–H and O–H groups in total. The van der Waals surface area contributed by atoms with Crippen molar-refractivity contribution in [2.24, 2.45) is 5.73 Å². The molecule has 3 aromatic rings. The zero-order chi connectivity index (χ0) is 15.9. The molecule has 0 aliphatic heterocycles. The highest BCUT2D eigenvalue weighted by Crippen LogP contribution is 2.32. The van der Waals surface area contributed by atoms with E-state index in [1.165, 1.54) is 0 Å². The first kappa shape index (κ1) is 14.1. The lowest BCUT2D eigenvalue weighted by molar-refractivity contribution is 0.250. The van der Waals surface area contributed by atoms with E-state index in [4.69, 9.17) is 5.73 Å². The van der Waals surface area contributed by atoms with Crippen LogP contribution in [0.15, 0.2) is 53.3 Å². The summed E-state index contributed by atoms with van der Waals surface area (Å²) in [6, 6.07) is 14.5. The first-order valence-electron chi connectivity index (χ1n) is 7.02. The van der Waals surface area contributed by atoms with Gasteiger partial charge in [-0.05, 0) is 36.6 Å². The van der Waals surface area contributed by atoms with E-state index in [1.54, 1.807) is 13.0 Å². The highest BCUT2D eigenvalue weighted by molar-refractivity contribution is 6.02. The van der Waals surface area contributed by atoms with Crippen molar-refractivity contribution in [3.8, 4) is 11.1 Å². The Labute approximate surface area is 127 Å². The predicted molar refractivity (Wildman–Crippen MR) is 88.1 cm³/mol. The monoisotopic (exact) mass is 292 g/mol. The smallest absolute Gasteiger partial charge is 0.326 e. The lowest BCUT2D eigenvalue weighted by Crippen LogP contribution is -2.33. The van der Waals surface area contributed by atoms with E-state index < -0.39 is 6.03 Å². The molecule has 1 heterocycles. The van der Waals surface area contributed by atoms with Gasteiger partial charge in [0.15, 0.2) is 0 Å². The van der Waals surface area contributed by atoms with E-state index in [9.17, 15) is 9.59 Å². The topological polar surface area (TPSA) is 65.1 Å². The van der Waals surface area contributed by atoms with Crippen LogP contribution in [0, 0.1) is 13.8 Å². The van der Waals surface area contributed by atoms with Gasteiger partial charge in [-0.25, -0.2) is 9.36 Å². The van der Waals surface area contributed by atoms with Crippen molar-refractivity contribution in [2.75, 3.05) is 0 Å². The molecule has 0 unspecified atom stereocenters. The summed E-state index contributed by atoms with van der Waals surface area (Å²) >= 11 is 0. The van der Waals surface area contributed by atoms with Crippen LogP contribution in [0.5, 0.6) is 0 Å². The second-order valence-corrected chi connectivity index (χ2v) is 5.31. The third-order valence-electron chi connectivity index (χ3n) is 3.92. The minimum Gasteiger partial charge on any atom is -0.351 e. The fraction of sp³-hybridized carbons (Fsp3) is 0.111. The molecule has 4 heteroatoms. The molecule has 0 saturated heterocycles. The Morgan fingerprint density at radius 1 is 1.00 bits per heavy atom. The number of fused-ring (bicyclic) bond motifs is 1. The number of amides is 1. The number of hydrogen-bond donors (Lipinski definition) is 1. The van der Waals surface area contributed by atoms with Crippen LogP contribution in [0.25, 0.3) is 22.0 Å². The van der Waals surface area contributed by atoms with E-state index in [0.29, 0.717) is 11.1 Å². The van der Waals surface area contributed by atoms with Crippen LogP contribution in [0.1, 0.15) is 11.1 Å². The number of rotatable bonds is 1. The Morgan fingerprint density at radius 2 is 1.68 bits per heavy atom. The number of aromatic nitrogens is 1. The number of nitrogens with two attached hydrogens (primary N) is 1. The minimum atomic E-state index is -0.761. The van der Waals surface area contributed by atoms with Crippen LogP contribution < -0.4 is 11.3 Å². The van der Waals surface area contributed by atoms with Crippen molar-refractivity contribution >= 4 is 16.9 Å². The van der Waals surface area contributed by atoms with Gasteiger partial charge in [-0.2, -0.15) is 0 Å². The predicted octanol–water partition coefficient (Wildman–Crippen LogP) is 3.21. The SMILES string of the molecule is Cc1c(-c2ccccc2)c2c(C)cccc2n(C(N)=O)c1=O. The number of pyridine rings is 1. The van der Waals surface area contributed by atoms with Crippen molar-refractivity contribution in [2.45, 2.75) is 13.8 Å². The maximum Gasteiger partial charge on any atom is 0.326 e. The van der Waals surface area contributed by atoms with Crippen LogP contribution in [0.3, 0.4) is 0 Å². The van der Waals surface area contributed by atoms with E-state index >= 15 is 0 Å². The van der Waals surface area contributed by atoms with Gasteiger partial charge in [-0.15, -0.1) is 0 Å². The zero-order valence-electron chi connectivity index (χ0n) is 12.5. The molecule has 4 nitrogen and oxygen atoms in total. The van der Waals surface area contributed by atoms with Crippen LogP contribution in [-0.2, 0) is 0 Å². The number of hydrogen-bond acceptors (Lipinski definition) is 2. The Bertz CT molecular complexity index is 941. The van der Waals surface area contributed by atoms with E-state index in [-0.39, 0.29) is 5.56 Å². The lowest BCUT2D eigenvalue weighted by atomic mass is 9.94. The molecule has 3 rings (SSSR count). The Balaban J connectivity index is 2.59. The molecule has 1 amide bonds. The molecule has 0 aliphatic carbocycles. The summed E-state index contributed by atoms with van der Waals surface area (Å²) < 4.78 is 1.05. The average Bonchev–Trinajstić information content (AvgIpc) is 2.50. The van der Waals surface area contributed by atoms with E-state index in [0.717, 1.165) is 26.6 Å². The molecular weight excluding hydrogens is 276 g/mol. The van der Waals surface area contributed by atoms with Gasteiger partial charge in [0.25, 0.3) is 5.56 Å². The van der Waals surface area contributed by atoms with Gasteiger partial charge in [0.1, 0.15) is 0 Å².